The van der Waals surface area contributed by atoms with E-state index in [4.69, 9.17) is 4.74 Å². The van der Waals surface area contributed by atoms with Crippen molar-refractivity contribution in [2.75, 3.05) is 0 Å². The van der Waals surface area contributed by atoms with Crippen LogP contribution in [0.4, 0.5) is 5.69 Å². The number of carbonyl (C=O) groups excluding carboxylic acids is 1. The van der Waals surface area contributed by atoms with Crippen molar-refractivity contribution in [3.63, 3.8) is 0 Å². The van der Waals surface area contributed by atoms with Crippen molar-refractivity contribution in [1.82, 2.24) is 0 Å². The topological polar surface area (TPSA) is 69.4 Å². The van der Waals surface area contributed by atoms with Gasteiger partial charge < -0.3 is 4.74 Å². The summed E-state index contributed by atoms with van der Waals surface area (Å²) < 4.78 is 5.81. The predicted octanol–water partition coefficient (Wildman–Crippen LogP) is 2.96. The van der Waals surface area contributed by atoms with Crippen LogP contribution >= 0.6 is 0 Å². The number of carbonyl (C=O) groups is 1. The van der Waals surface area contributed by atoms with Crippen LogP contribution in [0, 0.1) is 10.1 Å². The largest absolute Gasteiger partial charge is 0.365 e. The van der Waals surface area contributed by atoms with Crippen LogP contribution in [0.15, 0.2) is 36.4 Å². The molecule has 1 heterocycles. The number of Topliss-reactive ketones (excluding diaryl/α,β-unsaturated/α-hetero) is 1. The third-order valence-corrected chi connectivity index (χ3v) is 3.00. The molecular weight excluding hydrogens is 246 g/mol. The summed E-state index contributed by atoms with van der Waals surface area (Å²) in [6, 6.07) is 6.34. The van der Waals surface area contributed by atoms with E-state index in [0.717, 1.165) is 5.56 Å². The Bertz CT molecular complexity index is 507. The number of ketones is 1. The van der Waals surface area contributed by atoms with E-state index in [-0.39, 0.29) is 23.7 Å². The zero-order chi connectivity index (χ0) is 13.8. The highest BCUT2D eigenvalue weighted by Crippen LogP contribution is 2.29. The third-order valence-electron chi connectivity index (χ3n) is 3.00. The maximum atomic E-state index is 11.1. The summed E-state index contributed by atoms with van der Waals surface area (Å²) in [6.45, 7) is 1.53. The summed E-state index contributed by atoms with van der Waals surface area (Å²) in [7, 11) is 0. The summed E-state index contributed by atoms with van der Waals surface area (Å²) >= 11 is 0. The Morgan fingerprint density at radius 3 is 2.68 bits per heavy atom. The Hall–Kier alpha value is -2.01. The fourth-order valence-electron chi connectivity index (χ4n) is 2.09. The van der Waals surface area contributed by atoms with Crippen LogP contribution in [-0.4, -0.2) is 16.8 Å². The van der Waals surface area contributed by atoms with E-state index >= 15 is 0 Å². The highest BCUT2D eigenvalue weighted by Gasteiger charge is 2.21. The number of benzene rings is 1. The summed E-state index contributed by atoms with van der Waals surface area (Å²) in [5.74, 6) is 0.0824. The van der Waals surface area contributed by atoms with E-state index in [0.29, 0.717) is 12.8 Å². The van der Waals surface area contributed by atoms with Crippen molar-refractivity contribution in [1.29, 1.82) is 0 Å². The molecule has 5 nitrogen and oxygen atoms in total. The molecule has 19 heavy (non-hydrogen) atoms. The van der Waals surface area contributed by atoms with Crippen LogP contribution in [0.25, 0.3) is 0 Å². The Morgan fingerprint density at radius 2 is 2.11 bits per heavy atom. The molecule has 0 spiro atoms. The first-order chi connectivity index (χ1) is 9.06. The number of nitrogens with zero attached hydrogens (tertiary/aromatic N) is 1. The van der Waals surface area contributed by atoms with Gasteiger partial charge in [-0.2, -0.15) is 0 Å². The molecular formula is C14H15NO4. The normalized spacial score (nSPS) is 22.2. The van der Waals surface area contributed by atoms with Crippen molar-refractivity contribution in [2.45, 2.75) is 32.0 Å². The molecule has 2 atom stereocenters. The van der Waals surface area contributed by atoms with Crippen molar-refractivity contribution < 1.29 is 14.5 Å². The van der Waals surface area contributed by atoms with Crippen LogP contribution < -0.4 is 0 Å². The molecule has 100 valence electrons. The summed E-state index contributed by atoms with van der Waals surface area (Å²) in [5, 5.41) is 10.6. The van der Waals surface area contributed by atoms with E-state index in [1.807, 2.05) is 12.2 Å². The Morgan fingerprint density at radius 1 is 1.42 bits per heavy atom. The number of nitro groups is 1. The fraction of sp³-hybridized carbons (Fsp3) is 0.357. The van der Waals surface area contributed by atoms with Crippen molar-refractivity contribution in [3.05, 3.63) is 52.1 Å². The van der Waals surface area contributed by atoms with E-state index in [9.17, 15) is 14.9 Å². The van der Waals surface area contributed by atoms with Gasteiger partial charge >= 0.3 is 0 Å². The SMILES string of the molecule is CC(=O)C[C@H]1C=CC[C@@H](c2ccc([N+](=O)[O-])cc2)O1. The first-order valence-corrected chi connectivity index (χ1v) is 6.12. The minimum absolute atomic E-state index is 0.0652. The molecule has 0 saturated carbocycles. The Labute approximate surface area is 111 Å². The van der Waals surface area contributed by atoms with Gasteiger partial charge in [0, 0.05) is 18.6 Å². The number of hydrogen-bond acceptors (Lipinski definition) is 4. The van der Waals surface area contributed by atoms with Gasteiger partial charge in [0.2, 0.25) is 0 Å². The molecule has 0 bridgehead atoms. The first-order valence-electron chi connectivity index (χ1n) is 6.12. The highest BCUT2D eigenvalue weighted by atomic mass is 16.6. The molecule has 0 amide bonds. The van der Waals surface area contributed by atoms with Gasteiger partial charge in [-0.15, -0.1) is 0 Å². The maximum Gasteiger partial charge on any atom is 0.269 e. The number of nitro benzene ring substituents is 1. The van der Waals surface area contributed by atoms with E-state index in [1.54, 1.807) is 12.1 Å². The average molecular weight is 261 g/mol. The van der Waals surface area contributed by atoms with Crippen LogP contribution in [0.1, 0.15) is 31.4 Å². The summed E-state index contributed by atoms with van der Waals surface area (Å²) in [6.07, 6.45) is 4.61. The molecule has 0 aromatic heterocycles. The van der Waals surface area contributed by atoms with Gasteiger partial charge in [0.25, 0.3) is 5.69 Å². The van der Waals surface area contributed by atoms with Crippen molar-refractivity contribution in [2.24, 2.45) is 0 Å². The van der Waals surface area contributed by atoms with Crippen LogP contribution in [-0.2, 0) is 9.53 Å². The zero-order valence-electron chi connectivity index (χ0n) is 10.6. The second-order valence-corrected chi connectivity index (χ2v) is 4.58. The van der Waals surface area contributed by atoms with Gasteiger partial charge in [0.05, 0.1) is 17.1 Å². The summed E-state index contributed by atoms with van der Waals surface area (Å²) in [5.41, 5.74) is 0.957. The highest BCUT2D eigenvalue weighted by molar-refractivity contribution is 5.76. The molecule has 2 rings (SSSR count). The smallest absolute Gasteiger partial charge is 0.269 e. The van der Waals surface area contributed by atoms with Gasteiger partial charge in [0.1, 0.15) is 5.78 Å². The standard InChI is InChI=1S/C14H15NO4/c1-10(16)9-13-3-2-4-14(19-13)11-5-7-12(8-6-11)15(17)18/h2-3,5-8,13-14H,4,9H2,1H3/t13-,14+/m1/s1. The lowest BCUT2D eigenvalue weighted by Crippen LogP contribution is -2.20. The Kier molecular flexibility index (Phi) is 4.06. The van der Waals surface area contributed by atoms with Crippen LogP contribution in [0.2, 0.25) is 0 Å². The van der Waals surface area contributed by atoms with Crippen LogP contribution in [0.5, 0.6) is 0 Å². The minimum atomic E-state index is -0.427. The Balaban J connectivity index is 2.08. The minimum Gasteiger partial charge on any atom is -0.365 e. The van der Waals surface area contributed by atoms with Crippen LogP contribution in [0.3, 0.4) is 0 Å². The molecule has 1 aliphatic rings. The van der Waals surface area contributed by atoms with Crippen molar-refractivity contribution >= 4 is 11.5 Å². The zero-order valence-corrected chi connectivity index (χ0v) is 10.6. The quantitative estimate of drug-likeness (QED) is 0.474. The number of ether oxygens (including phenoxy) is 1. The van der Waals surface area contributed by atoms with Gasteiger partial charge in [-0.3, -0.25) is 14.9 Å². The maximum absolute atomic E-state index is 11.1. The molecule has 0 unspecified atom stereocenters. The average Bonchev–Trinajstić information content (AvgIpc) is 2.38. The molecule has 0 fully saturated rings. The fourth-order valence-corrected chi connectivity index (χ4v) is 2.09. The van der Waals surface area contributed by atoms with Crippen molar-refractivity contribution in [3.8, 4) is 0 Å². The lowest BCUT2D eigenvalue weighted by molar-refractivity contribution is -0.384. The van der Waals surface area contributed by atoms with Gasteiger partial charge in [-0.05, 0) is 31.0 Å². The monoisotopic (exact) mass is 261 g/mol. The lowest BCUT2D eigenvalue weighted by atomic mass is 10.0. The molecule has 1 aromatic rings. The van der Waals surface area contributed by atoms with E-state index in [1.165, 1.54) is 19.1 Å². The number of rotatable bonds is 4. The summed E-state index contributed by atoms with van der Waals surface area (Å²) in [4.78, 5) is 21.2. The predicted molar refractivity (Wildman–Crippen MR) is 69.8 cm³/mol. The van der Waals surface area contributed by atoms with Gasteiger partial charge in [-0.1, -0.05) is 12.2 Å². The molecule has 0 aliphatic carbocycles. The molecule has 0 saturated heterocycles. The van der Waals surface area contributed by atoms with Gasteiger partial charge in [-0.25, -0.2) is 0 Å². The molecule has 0 radical (unpaired) electrons. The molecule has 5 heteroatoms. The third kappa shape index (κ3) is 3.48. The number of non-ortho nitro benzene ring substituents is 1. The second kappa shape index (κ2) is 5.75. The second-order valence-electron chi connectivity index (χ2n) is 4.58. The van der Waals surface area contributed by atoms with Gasteiger partial charge in [0.15, 0.2) is 0 Å². The molecule has 0 N–H and O–H groups in total. The first kappa shape index (κ1) is 13.4. The van der Waals surface area contributed by atoms with E-state index < -0.39 is 4.92 Å². The number of hydrogen-bond donors (Lipinski definition) is 0. The molecule has 1 aromatic carbocycles. The molecule has 1 aliphatic heterocycles. The van der Waals surface area contributed by atoms with E-state index in [2.05, 4.69) is 0 Å². The lowest BCUT2D eigenvalue weighted by Gasteiger charge is -2.25.